The Kier molecular flexibility index (Phi) is 3.37. The zero-order valence-corrected chi connectivity index (χ0v) is 9.98. The van der Waals surface area contributed by atoms with Crippen molar-refractivity contribution >= 4 is 6.29 Å². The quantitative estimate of drug-likeness (QED) is 0.805. The van der Waals surface area contributed by atoms with Gasteiger partial charge in [-0.25, -0.2) is 9.67 Å². The first kappa shape index (κ1) is 13.3. The molecule has 0 aliphatic rings. The highest BCUT2D eigenvalue weighted by Crippen LogP contribution is 2.28. The molecular weight excluding hydrogens is 259 g/mol. The van der Waals surface area contributed by atoms with Crippen molar-refractivity contribution < 1.29 is 18.0 Å². The summed E-state index contributed by atoms with van der Waals surface area (Å²) in [6.07, 6.45) is -3.91. The van der Waals surface area contributed by atoms with Gasteiger partial charge in [0.15, 0.2) is 5.82 Å². The van der Waals surface area contributed by atoms with Crippen LogP contribution in [0, 0.1) is 0 Å². The Balaban J connectivity index is 2.48. The third-order valence-electron chi connectivity index (χ3n) is 2.53. The normalized spacial score (nSPS) is 11.6. The number of nitrogens with zero attached hydrogens (tertiary/aromatic N) is 3. The molecule has 0 radical (unpaired) electrons. The maximum absolute atomic E-state index is 12.6. The van der Waals surface area contributed by atoms with E-state index in [9.17, 15) is 18.0 Å². The van der Waals surface area contributed by atoms with E-state index >= 15 is 0 Å². The fraction of sp³-hybridized carbons (Fsp3) is 0.250. The van der Waals surface area contributed by atoms with Crippen LogP contribution < -0.4 is 0 Å². The molecule has 0 amide bonds. The predicted molar refractivity (Wildman–Crippen MR) is 61.5 cm³/mol. The van der Waals surface area contributed by atoms with Crippen LogP contribution in [0.3, 0.4) is 0 Å². The second kappa shape index (κ2) is 4.83. The Morgan fingerprint density at radius 3 is 2.37 bits per heavy atom. The van der Waals surface area contributed by atoms with Crippen LogP contribution in [-0.2, 0) is 12.7 Å². The number of hydrogen-bond donors (Lipinski definition) is 0. The SMILES string of the molecule is CCn1nc(C(F)(F)F)nc1-c1ccc(C=O)cc1. The first-order chi connectivity index (χ1) is 8.95. The van der Waals surface area contributed by atoms with Gasteiger partial charge >= 0.3 is 6.18 Å². The molecule has 19 heavy (non-hydrogen) atoms. The Hall–Kier alpha value is -2.18. The van der Waals surface area contributed by atoms with Crippen LogP contribution >= 0.6 is 0 Å². The molecule has 0 N–H and O–H groups in total. The van der Waals surface area contributed by atoms with Gasteiger partial charge < -0.3 is 0 Å². The molecule has 100 valence electrons. The summed E-state index contributed by atoms with van der Waals surface area (Å²) in [5.41, 5.74) is 0.929. The highest BCUT2D eigenvalue weighted by atomic mass is 19.4. The number of aldehydes is 1. The summed E-state index contributed by atoms with van der Waals surface area (Å²) in [6.45, 7) is 1.95. The minimum atomic E-state index is -4.57. The van der Waals surface area contributed by atoms with E-state index in [1.165, 1.54) is 16.8 Å². The first-order valence-electron chi connectivity index (χ1n) is 5.53. The summed E-state index contributed by atoms with van der Waals surface area (Å²) in [4.78, 5) is 14.0. The fourth-order valence-electron chi connectivity index (χ4n) is 1.61. The molecule has 2 aromatic rings. The van der Waals surface area contributed by atoms with E-state index in [2.05, 4.69) is 10.1 Å². The van der Waals surface area contributed by atoms with E-state index in [4.69, 9.17) is 0 Å². The zero-order valence-electron chi connectivity index (χ0n) is 9.98. The van der Waals surface area contributed by atoms with Gasteiger partial charge in [0.05, 0.1) is 0 Å². The van der Waals surface area contributed by atoms with Crippen molar-refractivity contribution in [2.24, 2.45) is 0 Å². The number of aromatic nitrogens is 3. The van der Waals surface area contributed by atoms with E-state index in [-0.39, 0.29) is 12.4 Å². The van der Waals surface area contributed by atoms with Crippen LogP contribution in [0.1, 0.15) is 23.1 Å². The van der Waals surface area contributed by atoms with Crippen molar-refractivity contribution in [3.8, 4) is 11.4 Å². The number of aryl methyl sites for hydroxylation is 1. The van der Waals surface area contributed by atoms with Gasteiger partial charge in [0.25, 0.3) is 5.82 Å². The summed E-state index contributed by atoms with van der Waals surface area (Å²) in [5, 5.41) is 3.43. The lowest BCUT2D eigenvalue weighted by atomic mass is 10.1. The number of rotatable bonds is 3. The monoisotopic (exact) mass is 269 g/mol. The van der Waals surface area contributed by atoms with Gasteiger partial charge in [-0.2, -0.15) is 13.2 Å². The molecule has 1 heterocycles. The fourth-order valence-corrected chi connectivity index (χ4v) is 1.61. The lowest BCUT2D eigenvalue weighted by molar-refractivity contribution is -0.144. The van der Waals surface area contributed by atoms with Crippen LogP contribution in [0.25, 0.3) is 11.4 Å². The molecule has 0 saturated carbocycles. The molecule has 0 spiro atoms. The van der Waals surface area contributed by atoms with Crippen molar-refractivity contribution in [3.05, 3.63) is 35.7 Å². The van der Waals surface area contributed by atoms with Crippen molar-refractivity contribution in [1.29, 1.82) is 0 Å². The Morgan fingerprint density at radius 1 is 1.26 bits per heavy atom. The third kappa shape index (κ3) is 2.64. The van der Waals surface area contributed by atoms with Gasteiger partial charge in [0, 0.05) is 17.7 Å². The van der Waals surface area contributed by atoms with Crippen molar-refractivity contribution in [2.45, 2.75) is 19.6 Å². The Labute approximate surface area is 106 Å². The summed E-state index contributed by atoms with van der Waals surface area (Å²) < 4.78 is 38.9. The Bertz CT molecular complexity index is 587. The number of alkyl halides is 3. The number of carbonyl (C=O) groups is 1. The standard InChI is InChI=1S/C12H10F3N3O/c1-2-18-10(16-11(17-18)12(13,14)15)9-5-3-8(7-19)4-6-9/h3-7H,2H2,1H3. The number of hydrogen-bond acceptors (Lipinski definition) is 3. The molecule has 0 bridgehead atoms. The molecular formula is C12H10F3N3O. The topological polar surface area (TPSA) is 47.8 Å². The molecule has 4 nitrogen and oxygen atoms in total. The van der Waals surface area contributed by atoms with Gasteiger partial charge in [0.2, 0.25) is 0 Å². The van der Waals surface area contributed by atoms with Crippen LogP contribution in [0.5, 0.6) is 0 Å². The van der Waals surface area contributed by atoms with Crippen molar-refractivity contribution in [2.75, 3.05) is 0 Å². The summed E-state index contributed by atoms with van der Waals surface area (Å²) in [5.74, 6) is -1.03. The highest BCUT2D eigenvalue weighted by molar-refractivity contribution is 5.76. The lowest BCUT2D eigenvalue weighted by Gasteiger charge is -2.02. The van der Waals surface area contributed by atoms with Gasteiger partial charge in [-0.15, -0.1) is 5.10 Å². The van der Waals surface area contributed by atoms with Crippen LogP contribution in [0.4, 0.5) is 13.2 Å². The minimum Gasteiger partial charge on any atom is -0.298 e. The van der Waals surface area contributed by atoms with Crippen LogP contribution in [0.15, 0.2) is 24.3 Å². The average molecular weight is 269 g/mol. The highest BCUT2D eigenvalue weighted by Gasteiger charge is 2.37. The summed E-state index contributed by atoms with van der Waals surface area (Å²) in [6, 6.07) is 6.12. The average Bonchev–Trinajstić information content (AvgIpc) is 2.83. The first-order valence-corrected chi connectivity index (χ1v) is 5.53. The second-order valence-electron chi connectivity index (χ2n) is 3.81. The van der Waals surface area contributed by atoms with Crippen LogP contribution in [0.2, 0.25) is 0 Å². The number of carbonyl (C=O) groups excluding carboxylic acids is 1. The molecule has 7 heteroatoms. The van der Waals surface area contributed by atoms with Gasteiger partial charge in [0.1, 0.15) is 6.29 Å². The third-order valence-corrected chi connectivity index (χ3v) is 2.53. The molecule has 2 rings (SSSR count). The molecule has 0 atom stereocenters. The lowest BCUT2D eigenvalue weighted by Crippen LogP contribution is -2.08. The van der Waals surface area contributed by atoms with Crippen molar-refractivity contribution in [1.82, 2.24) is 14.8 Å². The second-order valence-corrected chi connectivity index (χ2v) is 3.81. The molecule has 0 unspecified atom stereocenters. The molecule has 0 aliphatic heterocycles. The van der Waals surface area contributed by atoms with E-state index in [0.717, 1.165) is 0 Å². The zero-order chi connectivity index (χ0) is 14.0. The van der Waals surface area contributed by atoms with E-state index < -0.39 is 12.0 Å². The van der Waals surface area contributed by atoms with E-state index in [1.54, 1.807) is 19.1 Å². The summed E-state index contributed by atoms with van der Waals surface area (Å²) in [7, 11) is 0. The van der Waals surface area contributed by atoms with Crippen molar-refractivity contribution in [3.63, 3.8) is 0 Å². The maximum atomic E-state index is 12.6. The molecule has 1 aromatic heterocycles. The minimum absolute atomic E-state index is 0.132. The number of halogens is 3. The van der Waals surface area contributed by atoms with Crippen LogP contribution in [-0.4, -0.2) is 21.1 Å². The van der Waals surface area contributed by atoms with Gasteiger partial charge in [-0.05, 0) is 6.92 Å². The smallest absolute Gasteiger partial charge is 0.298 e. The van der Waals surface area contributed by atoms with E-state index in [1.807, 2.05) is 0 Å². The summed E-state index contributed by atoms with van der Waals surface area (Å²) >= 11 is 0. The Morgan fingerprint density at radius 2 is 1.89 bits per heavy atom. The van der Waals surface area contributed by atoms with E-state index in [0.29, 0.717) is 17.4 Å². The molecule has 1 aromatic carbocycles. The van der Waals surface area contributed by atoms with Gasteiger partial charge in [-0.3, -0.25) is 4.79 Å². The number of benzene rings is 1. The molecule has 0 aliphatic carbocycles. The largest absolute Gasteiger partial charge is 0.453 e. The molecule has 0 fully saturated rings. The molecule has 0 saturated heterocycles. The maximum Gasteiger partial charge on any atom is 0.453 e. The predicted octanol–water partition coefficient (Wildman–Crippen LogP) is 2.80. The van der Waals surface area contributed by atoms with Gasteiger partial charge in [-0.1, -0.05) is 24.3 Å².